The van der Waals surface area contributed by atoms with Gasteiger partial charge in [0.1, 0.15) is 5.75 Å². The van der Waals surface area contributed by atoms with Crippen molar-refractivity contribution in [3.05, 3.63) is 35.7 Å². The molecule has 7 nitrogen and oxygen atoms in total. The van der Waals surface area contributed by atoms with Crippen LogP contribution in [0, 0.1) is 0 Å². The Morgan fingerprint density at radius 1 is 1.25 bits per heavy atom. The highest BCUT2D eigenvalue weighted by molar-refractivity contribution is 5.76. The van der Waals surface area contributed by atoms with Crippen LogP contribution in [0.25, 0.3) is 11.0 Å². The number of anilines is 2. The standard InChI is InChI=1S/C21H28N6O/c1-5-6-14(2)27-20-17(12-23-27)11-22-21(25-20)24-18-9-16-13-26(3)8-7-15(16)10-19(18)28-4/h9-12,14H,5-8,13H2,1-4H3,(H,22,24,25)/t14-/m1/s1. The third-order valence-corrected chi connectivity index (χ3v) is 5.43. The zero-order chi connectivity index (χ0) is 19.7. The van der Waals surface area contributed by atoms with Crippen LogP contribution in [0.15, 0.2) is 24.5 Å². The summed E-state index contributed by atoms with van der Waals surface area (Å²) in [5, 5.41) is 8.83. The third kappa shape index (κ3) is 3.54. The van der Waals surface area contributed by atoms with Crippen molar-refractivity contribution >= 4 is 22.7 Å². The highest BCUT2D eigenvalue weighted by Gasteiger charge is 2.18. The van der Waals surface area contributed by atoms with E-state index in [1.165, 1.54) is 11.1 Å². The van der Waals surface area contributed by atoms with Gasteiger partial charge in [0.2, 0.25) is 5.95 Å². The minimum Gasteiger partial charge on any atom is -0.495 e. The Morgan fingerprint density at radius 2 is 2.11 bits per heavy atom. The molecule has 148 valence electrons. The number of methoxy groups -OCH3 is 1. The minimum atomic E-state index is 0.305. The fourth-order valence-electron chi connectivity index (χ4n) is 3.87. The van der Waals surface area contributed by atoms with Crippen LogP contribution in [-0.2, 0) is 13.0 Å². The molecule has 0 fully saturated rings. The van der Waals surface area contributed by atoms with Crippen molar-refractivity contribution in [2.24, 2.45) is 0 Å². The molecule has 0 radical (unpaired) electrons. The number of ether oxygens (including phenoxy) is 1. The van der Waals surface area contributed by atoms with E-state index in [1.807, 2.05) is 17.1 Å². The number of benzene rings is 1. The van der Waals surface area contributed by atoms with Crippen LogP contribution >= 0.6 is 0 Å². The largest absolute Gasteiger partial charge is 0.495 e. The van der Waals surface area contributed by atoms with Crippen molar-refractivity contribution in [2.75, 3.05) is 26.0 Å². The van der Waals surface area contributed by atoms with Gasteiger partial charge in [-0.25, -0.2) is 9.67 Å². The van der Waals surface area contributed by atoms with Crippen molar-refractivity contribution in [2.45, 2.75) is 45.7 Å². The first kappa shape index (κ1) is 18.7. The first-order valence-corrected chi connectivity index (χ1v) is 9.94. The second-order valence-corrected chi connectivity index (χ2v) is 7.63. The molecule has 1 aromatic carbocycles. The highest BCUT2D eigenvalue weighted by atomic mass is 16.5. The molecule has 2 aromatic heterocycles. The van der Waals surface area contributed by atoms with E-state index < -0.39 is 0 Å². The summed E-state index contributed by atoms with van der Waals surface area (Å²) >= 11 is 0. The number of hydrogen-bond donors (Lipinski definition) is 1. The molecule has 1 N–H and O–H groups in total. The van der Waals surface area contributed by atoms with Gasteiger partial charge >= 0.3 is 0 Å². The van der Waals surface area contributed by atoms with Crippen molar-refractivity contribution in [1.29, 1.82) is 0 Å². The number of hydrogen-bond acceptors (Lipinski definition) is 6. The lowest BCUT2D eigenvalue weighted by Crippen LogP contribution is -2.26. The number of nitrogens with zero attached hydrogens (tertiary/aromatic N) is 5. The molecule has 1 atom stereocenters. The average Bonchev–Trinajstić information content (AvgIpc) is 3.11. The molecule has 0 saturated carbocycles. The van der Waals surface area contributed by atoms with Gasteiger partial charge in [0.25, 0.3) is 0 Å². The lowest BCUT2D eigenvalue weighted by Gasteiger charge is -2.26. The molecular weight excluding hydrogens is 352 g/mol. The Labute approximate surface area is 165 Å². The SMILES string of the molecule is CCC[C@@H](C)n1ncc2cnc(Nc3cc4c(cc3OC)CCN(C)C4)nc21. The Hall–Kier alpha value is -2.67. The summed E-state index contributed by atoms with van der Waals surface area (Å²) in [4.78, 5) is 11.6. The topological polar surface area (TPSA) is 68.1 Å². The Balaban J connectivity index is 1.68. The molecule has 0 unspecified atom stereocenters. The molecule has 1 aliphatic rings. The van der Waals surface area contributed by atoms with Crippen molar-refractivity contribution < 1.29 is 4.74 Å². The number of rotatable bonds is 6. The first-order chi connectivity index (χ1) is 13.6. The van der Waals surface area contributed by atoms with Gasteiger partial charge in [-0.15, -0.1) is 0 Å². The molecule has 0 aliphatic carbocycles. The van der Waals surface area contributed by atoms with Crippen LogP contribution in [0.4, 0.5) is 11.6 Å². The lowest BCUT2D eigenvalue weighted by atomic mass is 9.99. The van der Waals surface area contributed by atoms with E-state index in [0.29, 0.717) is 12.0 Å². The normalized spacial score (nSPS) is 15.4. The zero-order valence-electron chi connectivity index (χ0n) is 17.1. The monoisotopic (exact) mass is 380 g/mol. The van der Waals surface area contributed by atoms with Gasteiger partial charge in [0.05, 0.1) is 30.4 Å². The predicted octanol–water partition coefficient (Wildman–Crippen LogP) is 3.93. The zero-order valence-corrected chi connectivity index (χ0v) is 17.1. The van der Waals surface area contributed by atoms with E-state index in [1.54, 1.807) is 7.11 Å². The maximum absolute atomic E-state index is 5.63. The number of fused-ring (bicyclic) bond motifs is 2. The maximum Gasteiger partial charge on any atom is 0.229 e. The van der Waals surface area contributed by atoms with Gasteiger partial charge < -0.3 is 15.0 Å². The van der Waals surface area contributed by atoms with Crippen molar-refractivity contribution in [3.8, 4) is 5.75 Å². The summed E-state index contributed by atoms with van der Waals surface area (Å²) in [5.74, 6) is 1.38. The Bertz CT molecular complexity index is 982. The van der Waals surface area contributed by atoms with Gasteiger partial charge in [-0.3, -0.25) is 0 Å². The van der Waals surface area contributed by atoms with Crippen LogP contribution in [-0.4, -0.2) is 45.4 Å². The van der Waals surface area contributed by atoms with E-state index in [0.717, 1.165) is 54.8 Å². The maximum atomic E-state index is 5.63. The van der Waals surface area contributed by atoms with Gasteiger partial charge in [0.15, 0.2) is 5.65 Å². The molecule has 0 bridgehead atoms. The lowest BCUT2D eigenvalue weighted by molar-refractivity contribution is 0.312. The minimum absolute atomic E-state index is 0.305. The van der Waals surface area contributed by atoms with Crippen LogP contribution in [0.5, 0.6) is 5.75 Å². The van der Waals surface area contributed by atoms with E-state index in [4.69, 9.17) is 9.72 Å². The summed E-state index contributed by atoms with van der Waals surface area (Å²) in [6.45, 7) is 6.37. The highest BCUT2D eigenvalue weighted by Crippen LogP contribution is 2.33. The van der Waals surface area contributed by atoms with E-state index in [-0.39, 0.29) is 0 Å². The summed E-state index contributed by atoms with van der Waals surface area (Å²) in [6, 6.07) is 4.60. The third-order valence-electron chi connectivity index (χ3n) is 5.43. The van der Waals surface area contributed by atoms with Gasteiger partial charge in [0, 0.05) is 19.3 Å². The fourth-order valence-corrected chi connectivity index (χ4v) is 3.87. The molecule has 3 heterocycles. The Morgan fingerprint density at radius 3 is 2.89 bits per heavy atom. The second kappa shape index (κ2) is 7.75. The summed E-state index contributed by atoms with van der Waals surface area (Å²) in [5.41, 5.74) is 4.42. The molecule has 0 saturated heterocycles. The number of nitrogens with one attached hydrogen (secondary N) is 1. The summed E-state index contributed by atoms with van der Waals surface area (Å²) in [7, 11) is 3.85. The molecule has 1 aliphatic heterocycles. The van der Waals surface area contributed by atoms with Crippen LogP contribution in [0.1, 0.15) is 43.9 Å². The second-order valence-electron chi connectivity index (χ2n) is 7.63. The van der Waals surface area contributed by atoms with Crippen molar-refractivity contribution in [1.82, 2.24) is 24.6 Å². The molecule has 28 heavy (non-hydrogen) atoms. The molecule has 0 spiro atoms. The van der Waals surface area contributed by atoms with Crippen molar-refractivity contribution in [3.63, 3.8) is 0 Å². The van der Waals surface area contributed by atoms with Crippen LogP contribution in [0.3, 0.4) is 0 Å². The molecule has 0 amide bonds. The van der Waals surface area contributed by atoms with Crippen LogP contribution in [0.2, 0.25) is 0 Å². The Kier molecular flexibility index (Phi) is 5.17. The summed E-state index contributed by atoms with van der Waals surface area (Å²) < 4.78 is 7.62. The van der Waals surface area contributed by atoms with Crippen LogP contribution < -0.4 is 10.1 Å². The molecule has 4 rings (SSSR count). The smallest absolute Gasteiger partial charge is 0.229 e. The quantitative estimate of drug-likeness (QED) is 0.699. The first-order valence-electron chi connectivity index (χ1n) is 9.94. The number of aromatic nitrogens is 4. The number of likely N-dealkylation sites (N-methyl/N-ethyl adjacent to an activating group) is 1. The predicted molar refractivity (Wildman–Crippen MR) is 111 cm³/mol. The van der Waals surface area contributed by atoms with E-state index in [9.17, 15) is 0 Å². The van der Waals surface area contributed by atoms with E-state index in [2.05, 4.69) is 53.3 Å². The molecule has 7 heteroatoms. The molecule has 3 aromatic rings. The summed E-state index contributed by atoms with van der Waals surface area (Å²) in [6.07, 6.45) is 6.88. The van der Waals surface area contributed by atoms with E-state index >= 15 is 0 Å². The average molecular weight is 380 g/mol. The van der Waals surface area contributed by atoms with Gasteiger partial charge in [-0.2, -0.15) is 10.1 Å². The van der Waals surface area contributed by atoms with Gasteiger partial charge in [-0.1, -0.05) is 13.3 Å². The molecular formula is C21H28N6O. The van der Waals surface area contributed by atoms with Gasteiger partial charge in [-0.05, 0) is 50.1 Å². The fraction of sp³-hybridized carbons (Fsp3) is 0.476.